The molecular weight excluding hydrogens is 290 g/mol. The van der Waals surface area contributed by atoms with E-state index in [9.17, 15) is 8.42 Å². The number of hydrogen-bond donors (Lipinski definition) is 1. The quantitative estimate of drug-likeness (QED) is 0.674. The molecule has 1 unspecified atom stereocenters. The highest BCUT2D eigenvalue weighted by atomic mass is 32.2. The van der Waals surface area contributed by atoms with Gasteiger partial charge in [0, 0.05) is 13.2 Å². The summed E-state index contributed by atoms with van der Waals surface area (Å²) in [5.74, 6) is 0.690. The minimum Gasteiger partial charge on any atom is -0.494 e. The molecule has 1 atom stereocenters. The van der Waals surface area contributed by atoms with Crippen molar-refractivity contribution in [1.82, 2.24) is 4.72 Å². The molecule has 0 aliphatic carbocycles. The highest BCUT2D eigenvalue weighted by Crippen LogP contribution is 2.16. The molecule has 1 rings (SSSR count). The molecule has 0 spiro atoms. The molecule has 0 aromatic heterocycles. The first-order valence-electron chi connectivity index (χ1n) is 7.23. The molecule has 21 heavy (non-hydrogen) atoms. The Hall–Kier alpha value is -1.11. The van der Waals surface area contributed by atoms with E-state index in [4.69, 9.17) is 9.47 Å². The summed E-state index contributed by atoms with van der Waals surface area (Å²) in [5, 5.41) is 0. The molecule has 0 amide bonds. The zero-order valence-corrected chi connectivity index (χ0v) is 13.8. The zero-order valence-electron chi connectivity index (χ0n) is 13.0. The summed E-state index contributed by atoms with van der Waals surface area (Å²) < 4.78 is 37.3. The summed E-state index contributed by atoms with van der Waals surface area (Å²) in [6.45, 7) is 4.88. The average molecular weight is 315 g/mol. The minimum absolute atomic E-state index is 0.228. The van der Waals surface area contributed by atoms with Crippen LogP contribution in [0.1, 0.15) is 33.1 Å². The van der Waals surface area contributed by atoms with E-state index in [1.54, 1.807) is 31.2 Å². The Balaban J connectivity index is 2.59. The highest BCUT2D eigenvalue weighted by Gasteiger charge is 2.17. The highest BCUT2D eigenvalue weighted by molar-refractivity contribution is 7.89. The second kappa shape index (κ2) is 9.02. The number of hydrogen-bond acceptors (Lipinski definition) is 4. The largest absolute Gasteiger partial charge is 0.494 e. The third-order valence-electron chi connectivity index (χ3n) is 2.92. The van der Waals surface area contributed by atoms with Crippen LogP contribution in [0.4, 0.5) is 0 Å². The van der Waals surface area contributed by atoms with E-state index in [-0.39, 0.29) is 10.9 Å². The van der Waals surface area contributed by atoms with Crippen molar-refractivity contribution in [2.24, 2.45) is 0 Å². The second-order valence-electron chi connectivity index (χ2n) is 5.00. The first kappa shape index (κ1) is 17.9. The molecule has 120 valence electrons. The molecule has 1 aromatic rings. The Bertz CT molecular complexity index is 499. The molecule has 0 fully saturated rings. The summed E-state index contributed by atoms with van der Waals surface area (Å²) in [6, 6.07) is 6.20. The number of ether oxygens (including phenoxy) is 2. The molecular formula is C15H25NO4S. The molecule has 1 aromatic carbocycles. The fraction of sp³-hybridized carbons (Fsp3) is 0.600. The SMILES string of the molecule is CCCCCOc1ccc(S(=O)(=O)NC(C)COC)cc1. The van der Waals surface area contributed by atoms with E-state index in [0.717, 1.165) is 19.3 Å². The van der Waals surface area contributed by atoms with Crippen LogP contribution in [0, 0.1) is 0 Å². The average Bonchev–Trinajstić information content (AvgIpc) is 2.44. The molecule has 6 heteroatoms. The lowest BCUT2D eigenvalue weighted by Crippen LogP contribution is -2.35. The molecule has 5 nitrogen and oxygen atoms in total. The van der Waals surface area contributed by atoms with E-state index >= 15 is 0 Å². The van der Waals surface area contributed by atoms with Crippen molar-refractivity contribution >= 4 is 10.0 Å². The summed E-state index contributed by atoms with van der Waals surface area (Å²) >= 11 is 0. The van der Waals surface area contributed by atoms with Crippen molar-refractivity contribution in [2.45, 2.75) is 44.0 Å². The molecule has 0 bridgehead atoms. The van der Waals surface area contributed by atoms with Gasteiger partial charge in [0.2, 0.25) is 10.0 Å². The van der Waals surface area contributed by atoms with Crippen molar-refractivity contribution in [3.8, 4) is 5.75 Å². The van der Waals surface area contributed by atoms with E-state index in [1.165, 1.54) is 7.11 Å². The van der Waals surface area contributed by atoms with Crippen LogP contribution in [0.2, 0.25) is 0 Å². The van der Waals surface area contributed by atoms with Gasteiger partial charge in [-0.2, -0.15) is 0 Å². The Labute approximate surface area is 127 Å². The van der Waals surface area contributed by atoms with Crippen molar-refractivity contribution in [1.29, 1.82) is 0 Å². The zero-order chi connectivity index (χ0) is 15.7. The van der Waals surface area contributed by atoms with Crippen LogP contribution in [0.25, 0.3) is 0 Å². The maximum Gasteiger partial charge on any atom is 0.240 e. The minimum atomic E-state index is -3.51. The van der Waals surface area contributed by atoms with E-state index in [2.05, 4.69) is 11.6 Å². The van der Waals surface area contributed by atoms with Gasteiger partial charge in [-0.15, -0.1) is 0 Å². The van der Waals surface area contributed by atoms with Gasteiger partial charge in [-0.3, -0.25) is 0 Å². The Morgan fingerprint density at radius 1 is 1.19 bits per heavy atom. The Kier molecular flexibility index (Phi) is 7.71. The Morgan fingerprint density at radius 3 is 2.43 bits per heavy atom. The van der Waals surface area contributed by atoms with Crippen molar-refractivity contribution in [3.63, 3.8) is 0 Å². The number of sulfonamides is 1. The van der Waals surface area contributed by atoms with Gasteiger partial charge in [0.1, 0.15) is 5.75 Å². The summed E-state index contributed by atoms with van der Waals surface area (Å²) in [5.41, 5.74) is 0. The van der Waals surface area contributed by atoms with E-state index < -0.39 is 10.0 Å². The summed E-state index contributed by atoms with van der Waals surface area (Å²) in [7, 11) is -1.98. The van der Waals surface area contributed by atoms with Crippen LogP contribution >= 0.6 is 0 Å². The topological polar surface area (TPSA) is 64.6 Å². The van der Waals surface area contributed by atoms with Gasteiger partial charge >= 0.3 is 0 Å². The third kappa shape index (κ3) is 6.46. The van der Waals surface area contributed by atoms with Gasteiger partial charge in [-0.1, -0.05) is 19.8 Å². The van der Waals surface area contributed by atoms with E-state index in [0.29, 0.717) is 19.0 Å². The normalized spacial score (nSPS) is 13.1. The first-order chi connectivity index (χ1) is 9.99. The molecule has 1 N–H and O–H groups in total. The standard InChI is InChI=1S/C15H25NO4S/c1-4-5-6-11-20-14-7-9-15(10-8-14)21(17,18)16-13(2)12-19-3/h7-10,13,16H,4-6,11-12H2,1-3H3. The first-order valence-corrected chi connectivity index (χ1v) is 8.72. The number of unbranched alkanes of at least 4 members (excludes halogenated alkanes) is 2. The smallest absolute Gasteiger partial charge is 0.240 e. The van der Waals surface area contributed by atoms with Crippen LogP contribution in [0.5, 0.6) is 5.75 Å². The second-order valence-corrected chi connectivity index (χ2v) is 6.72. The fourth-order valence-electron chi connectivity index (χ4n) is 1.87. The number of nitrogens with one attached hydrogen (secondary N) is 1. The maximum atomic E-state index is 12.1. The molecule has 0 saturated carbocycles. The Morgan fingerprint density at radius 2 is 1.86 bits per heavy atom. The summed E-state index contributed by atoms with van der Waals surface area (Å²) in [6.07, 6.45) is 3.28. The fourth-order valence-corrected chi connectivity index (χ4v) is 3.10. The van der Waals surface area contributed by atoms with Crippen molar-refractivity contribution in [3.05, 3.63) is 24.3 Å². The molecule has 0 heterocycles. The van der Waals surface area contributed by atoms with E-state index in [1.807, 2.05) is 0 Å². The lowest BCUT2D eigenvalue weighted by Gasteiger charge is -2.13. The van der Waals surface area contributed by atoms with Crippen LogP contribution in [0.3, 0.4) is 0 Å². The number of rotatable bonds is 10. The summed E-state index contributed by atoms with van der Waals surface area (Å²) in [4.78, 5) is 0.228. The van der Waals surface area contributed by atoms with Crippen LogP contribution in [0.15, 0.2) is 29.2 Å². The number of methoxy groups -OCH3 is 1. The lowest BCUT2D eigenvalue weighted by molar-refractivity contribution is 0.180. The van der Waals surface area contributed by atoms with Crippen LogP contribution in [-0.4, -0.2) is 34.8 Å². The number of benzene rings is 1. The maximum absolute atomic E-state index is 12.1. The molecule has 0 saturated heterocycles. The molecule has 0 aliphatic rings. The van der Waals surface area contributed by atoms with Crippen molar-refractivity contribution < 1.29 is 17.9 Å². The van der Waals surface area contributed by atoms with Gasteiger partial charge < -0.3 is 9.47 Å². The van der Waals surface area contributed by atoms with Gasteiger partial charge in [0.15, 0.2) is 0 Å². The van der Waals surface area contributed by atoms with Crippen LogP contribution in [-0.2, 0) is 14.8 Å². The monoisotopic (exact) mass is 315 g/mol. The predicted molar refractivity (Wildman–Crippen MR) is 83.1 cm³/mol. The van der Waals surface area contributed by atoms with Gasteiger partial charge in [0.25, 0.3) is 0 Å². The van der Waals surface area contributed by atoms with Crippen molar-refractivity contribution in [2.75, 3.05) is 20.3 Å². The van der Waals surface area contributed by atoms with Gasteiger partial charge in [-0.25, -0.2) is 13.1 Å². The van der Waals surface area contributed by atoms with Crippen LogP contribution < -0.4 is 9.46 Å². The van der Waals surface area contributed by atoms with Gasteiger partial charge in [0.05, 0.1) is 18.1 Å². The van der Waals surface area contributed by atoms with Gasteiger partial charge in [-0.05, 0) is 37.6 Å². The third-order valence-corrected chi connectivity index (χ3v) is 4.53. The lowest BCUT2D eigenvalue weighted by atomic mass is 10.3. The molecule has 0 radical (unpaired) electrons. The predicted octanol–water partition coefficient (Wildman–Crippen LogP) is 2.57. The molecule has 0 aliphatic heterocycles.